The molecule has 1 fully saturated rings. The molecule has 0 saturated carbocycles. The molecule has 2 rings (SSSR count). The maximum Gasteiger partial charge on any atom is 0.220 e. The molecule has 0 spiro atoms. The van der Waals surface area contributed by atoms with Gasteiger partial charge in [-0.1, -0.05) is 0 Å². The molecule has 100 valence electrons. The third-order valence-corrected chi connectivity index (χ3v) is 3.44. The Morgan fingerprint density at radius 2 is 2.33 bits per heavy atom. The lowest BCUT2D eigenvalue weighted by atomic mass is 9.94. The van der Waals surface area contributed by atoms with Crippen LogP contribution in [-0.2, 0) is 11.8 Å². The minimum Gasteiger partial charge on any atom is -0.346 e. The predicted molar refractivity (Wildman–Crippen MR) is 67.8 cm³/mol. The summed E-state index contributed by atoms with van der Waals surface area (Å²) >= 11 is 0. The molecule has 1 atom stereocenters. The number of carbonyl (C=O) groups is 1. The minimum atomic E-state index is -0.0910. The summed E-state index contributed by atoms with van der Waals surface area (Å²) in [5.74, 6) is 1.41. The van der Waals surface area contributed by atoms with Gasteiger partial charge in [-0.2, -0.15) is 0 Å². The van der Waals surface area contributed by atoms with Gasteiger partial charge in [-0.25, -0.2) is 0 Å². The van der Waals surface area contributed by atoms with Crippen molar-refractivity contribution in [1.29, 1.82) is 0 Å². The molecule has 1 aromatic rings. The van der Waals surface area contributed by atoms with E-state index < -0.39 is 0 Å². The molecule has 1 amide bonds. The summed E-state index contributed by atoms with van der Waals surface area (Å²) in [7, 11) is 1.88. The van der Waals surface area contributed by atoms with Crippen molar-refractivity contribution in [3.63, 3.8) is 0 Å². The van der Waals surface area contributed by atoms with Crippen LogP contribution >= 0.6 is 0 Å². The summed E-state index contributed by atoms with van der Waals surface area (Å²) in [4.78, 5) is 11.9. The van der Waals surface area contributed by atoms with E-state index in [1.807, 2.05) is 18.5 Å². The zero-order valence-corrected chi connectivity index (χ0v) is 11.0. The van der Waals surface area contributed by atoms with Crippen molar-refractivity contribution in [3.8, 4) is 0 Å². The van der Waals surface area contributed by atoms with Gasteiger partial charge in [0.2, 0.25) is 5.91 Å². The number of amides is 1. The summed E-state index contributed by atoms with van der Waals surface area (Å²) < 4.78 is 1.83. The van der Waals surface area contributed by atoms with Crippen LogP contribution in [0.15, 0.2) is 6.33 Å². The summed E-state index contributed by atoms with van der Waals surface area (Å²) in [6, 6.07) is -0.0910. The summed E-state index contributed by atoms with van der Waals surface area (Å²) in [6.07, 6.45) is 4.44. The first kappa shape index (κ1) is 13.0. The number of piperidine rings is 1. The van der Waals surface area contributed by atoms with E-state index in [0.717, 1.165) is 31.8 Å². The molecule has 0 radical (unpaired) electrons. The first-order chi connectivity index (χ1) is 8.66. The average molecular weight is 251 g/mol. The van der Waals surface area contributed by atoms with Crippen molar-refractivity contribution in [3.05, 3.63) is 12.2 Å². The lowest BCUT2D eigenvalue weighted by Crippen LogP contribution is -2.33. The molecule has 2 N–H and O–H groups in total. The second-order valence-electron chi connectivity index (χ2n) is 4.99. The second-order valence-corrected chi connectivity index (χ2v) is 4.99. The van der Waals surface area contributed by atoms with E-state index in [1.54, 1.807) is 6.33 Å². The normalized spacial score (nSPS) is 18.6. The number of aryl methyl sites for hydroxylation is 1. The van der Waals surface area contributed by atoms with E-state index in [2.05, 4.69) is 20.8 Å². The largest absolute Gasteiger partial charge is 0.346 e. The molecule has 0 aromatic carbocycles. The van der Waals surface area contributed by atoms with Gasteiger partial charge in [0.15, 0.2) is 5.82 Å². The topological polar surface area (TPSA) is 71.8 Å². The second kappa shape index (κ2) is 5.95. The molecular formula is C12H21N5O. The van der Waals surface area contributed by atoms with Gasteiger partial charge in [0.25, 0.3) is 0 Å². The number of nitrogens with one attached hydrogen (secondary N) is 2. The predicted octanol–water partition coefficient (Wildman–Crippen LogP) is 0.382. The number of carbonyl (C=O) groups excluding carboxylic acids is 1. The van der Waals surface area contributed by atoms with Crippen LogP contribution < -0.4 is 10.6 Å². The number of hydrogen-bond acceptors (Lipinski definition) is 4. The van der Waals surface area contributed by atoms with E-state index in [9.17, 15) is 4.79 Å². The van der Waals surface area contributed by atoms with Crippen LogP contribution in [0, 0.1) is 5.92 Å². The zero-order chi connectivity index (χ0) is 13.0. The smallest absolute Gasteiger partial charge is 0.220 e. The SMILES string of the molecule is CC(NC(=O)CC1CCNCC1)c1nncn1C. The van der Waals surface area contributed by atoms with Crippen molar-refractivity contribution in [2.24, 2.45) is 13.0 Å². The van der Waals surface area contributed by atoms with Gasteiger partial charge in [-0.15, -0.1) is 10.2 Å². The maximum atomic E-state index is 11.9. The highest BCUT2D eigenvalue weighted by molar-refractivity contribution is 5.76. The lowest BCUT2D eigenvalue weighted by molar-refractivity contribution is -0.122. The number of hydrogen-bond donors (Lipinski definition) is 2. The average Bonchev–Trinajstić information content (AvgIpc) is 2.76. The Hall–Kier alpha value is -1.43. The van der Waals surface area contributed by atoms with Crippen LogP contribution in [0.5, 0.6) is 0 Å². The highest BCUT2D eigenvalue weighted by Gasteiger charge is 2.19. The van der Waals surface area contributed by atoms with Gasteiger partial charge >= 0.3 is 0 Å². The molecule has 2 heterocycles. The molecule has 1 aliphatic rings. The van der Waals surface area contributed by atoms with Gasteiger partial charge in [0, 0.05) is 13.5 Å². The van der Waals surface area contributed by atoms with Crippen LogP contribution in [0.25, 0.3) is 0 Å². The third kappa shape index (κ3) is 3.29. The van der Waals surface area contributed by atoms with E-state index in [1.165, 1.54) is 0 Å². The molecule has 1 aliphatic heterocycles. The van der Waals surface area contributed by atoms with Crippen molar-refractivity contribution in [2.45, 2.75) is 32.2 Å². The minimum absolute atomic E-state index is 0.0910. The zero-order valence-electron chi connectivity index (χ0n) is 11.0. The van der Waals surface area contributed by atoms with Crippen molar-refractivity contribution < 1.29 is 4.79 Å². The molecule has 1 saturated heterocycles. The Bertz CT molecular complexity index is 397. The molecule has 6 nitrogen and oxygen atoms in total. The molecule has 1 aromatic heterocycles. The highest BCUT2D eigenvalue weighted by atomic mass is 16.1. The third-order valence-electron chi connectivity index (χ3n) is 3.44. The van der Waals surface area contributed by atoms with Crippen LogP contribution in [0.3, 0.4) is 0 Å². The lowest BCUT2D eigenvalue weighted by Gasteiger charge is -2.22. The fourth-order valence-corrected chi connectivity index (χ4v) is 2.40. The summed E-state index contributed by atoms with van der Waals surface area (Å²) in [5.41, 5.74) is 0. The molecule has 18 heavy (non-hydrogen) atoms. The Kier molecular flexibility index (Phi) is 4.30. The molecule has 1 unspecified atom stereocenters. The standard InChI is InChI=1S/C12H21N5O/c1-9(12-16-14-8-17(12)2)15-11(18)7-10-3-5-13-6-4-10/h8-10,13H,3-7H2,1-2H3,(H,15,18). The molecule has 0 aliphatic carbocycles. The molecule has 6 heteroatoms. The first-order valence-electron chi connectivity index (χ1n) is 6.51. The molecule has 0 bridgehead atoms. The highest BCUT2D eigenvalue weighted by Crippen LogP contribution is 2.16. The monoisotopic (exact) mass is 251 g/mol. The Morgan fingerprint density at radius 3 is 2.94 bits per heavy atom. The van der Waals surface area contributed by atoms with Crippen LogP contribution in [-0.4, -0.2) is 33.8 Å². The van der Waals surface area contributed by atoms with Crippen LogP contribution in [0.1, 0.15) is 38.1 Å². The van der Waals surface area contributed by atoms with Gasteiger partial charge < -0.3 is 15.2 Å². The summed E-state index contributed by atoms with van der Waals surface area (Å²) in [5, 5.41) is 14.1. The van der Waals surface area contributed by atoms with Crippen LogP contribution in [0.2, 0.25) is 0 Å². The maximum absolute atomic E-state index is 11.9. The van der Waals surface area contributed by atoms with Gasteiger partial charge in [-0.05, 0) is 38.8 Å². The Morgan fingerprint density at radius 1 is 1.61 bits per heavy atom. The fraction of sp³-hybridized carbons (Fsp3) is 0.750. The van der Waals surface area contributed by atoms with E-state index in [0.29, 0.717) is 12.3 Å². The van der Waals surface area contributed by atoms with Crippen molar-refractivity contribution >= 4 is 5.91 Å². The van der Waals surface area contributed by atoms with E-state index in [-0.39, 0.29) is 11.9 Å². The van der Waals surface area contributed by atoms with Gasteiger partial charge in [0.1, 0.15) is 6.33 Å². The van der Waals surface area contributed by atoms with Gasteiger partial charge in [0.05, 0.1) is 6.04 Å². The Labute approximate surface area is 107 Å². The van der Waals surface area contributed by atoms with E-state index in [4.69, 9.17) is 0 Å². The van der Waals surface area contributed by atoms with Crippen molar-refractivity contribution in [1.82, 2.24) is 25.4 Å². The van der Waals surface area contributed by atoms with E-state index >= 15 is 0 Å². The Balaban J connectivity index is 1.81. The van der Waals surface area contributed by atoms with Crippen molar-refractivity contribution in [2.75, 3.05) is 13.1 Å². The fourth-order valence-electron chi connectivity index (χ4n) is 2.40. The quantitative estimate of drug-likeness (QED) is 0.811. The molecular weight excluding hydrogens is 230 g/mol. The van der Waals surface area contributed by atoms with Gasteiger partial charge in [-0.3, -0.25) is 4.79 Å². The first-order valence-corrected chi connectivity index (χ1v) is 6.51. The van der Waals surface area contributed by atoms with Crippen LogP contribution in [0.4, 0.5) is 0 Å². The number of rotatable bonds is 4. The summed E-state index contributed by atoms with van der Waals surface area (Å²) in [6.45, 7) is 3.98. The number of nitrogens with zero attached hydrogens (tertiary/aromatic N) is 3. The number of aromatic nitrogens is 3.